The number of carbonyl (C=O) groups excluding carboxylic acids is 2. The Morgan fingerprint density at radius 2 is 2.12 bits per heavy atom. The topological polar surface area (TPSA) is 107 Å². The zero-order chi connectivity index (χ0) is 23.0. The lowest BCUT2D eigenvalue weighted by Gasteiger charge is -2.29. The fraction of sp³-hybridized carbons (Fsp3) is 0.450. The summed E-state index contributed by atoms with van der Waals surface area (Å²) in [4.78, 5) is 39.2. The van der Waals surface area contributed by atoms with E-state index in [1.165, 1.54) is 30.4 Å². The van der Waals surface area contributed by atoms with Gasteiger partial charge in [0.05, 0.1) is 10.7 Å². The van der Waals surface area contributed by atoms with Crippen molar-refractivity contribution in [3.8, 4) is 5.75 Å². The number of aromatic nitrogens is 3. The summed E-state index contributed by atoms with van der Waals surface area (Å²) in [5, 5.41) is 2.91. The minimum Gasteiger partial charge on any atom is -0.487 e. The second-order valence-electron chi connectivity index (χ2n) is 7.67. The molecule has 1 saturated heterocycles. The van der Waals surface area contributed by atoms with Crippen LogP contribution in [0.3, 0.4) is 0 Å². The lowest BCUT2D eigenvalue weighted by molar-refractivity contribution is -0.146. The number of ether oxygens (including phenoxy) is 2. The summed E-state index contributed by atoms with van der Waals surface area (Å²) in [6.07, 6.45) is 1.88. The predicted molar refractivity (Wildman–Crippen MR) is 109 cm³/mol. The summed E-state index contributed by atoms with van der Waals surface area (Å²) < 4.78 is 37.7. The first-order chi connectivity index (χ1) is 15.1. The van der Waals surface area contributed by atoms with Gasteiger partial charge in [0, 0.05) is 31.9 Å². The molecule has 12 heteroatoms. The van der Waals surface area contributed by atoms with Gasteiger partial charge >= 0.3 is 0 Å². The smallest absolute Gasteiger partial charge is 0.289 e. The van der Waals surface area contributed by atoms with Gasteiger partial charge in [-0.05, 0) is 18.9 Å². The summed E-state index contributed by atoms with van der Waals surface area (Å²) in [6.45, 7) is 0.852. The summed E-state index contributed by atoms with van der Waals surface area (Å²) in [7, 11) is 1.51. The van der Waals surface area contributed by atoms with Gasteiger partial charge < -0.3 is 14.8 Å². The number of halogens is 3. The molecule has 2 atom stereocenters. The van der Waals surface area contributed by atoms with Crippen LogP contribution in [0, 0.1) is 6.92 Å². The second-order valence-corrected chi connectivity index (χ2v) is 8.10. The molecule has 2 amide bonds. The summed E-state index contributed by atoms with van der Waals surface area (Å²) in [6, 6.07) is 0.499. The van der Waals surface area contributed by atoms with Crippen molar-refractivity contribution in [3.05, 3.63) is 40.6 Å². The van der Waals surface area contributed by atoms with Gasteiger partial charge in [-0.15, -0.1) is 0 Å². The van der Waals surface area contributed by atoms with Crippen molar-refractivity contribution in [2.45, 2.75) is 37.8 Å². The number of nitrogens with zero attached hydrogens (tertiary/aromatic N) is 4. The molecule has 170 valence electrons. The van der Waals surface area contributed by atoms with E-state index >= 15 is 0 Å². The molecule has 2 aliphatic rings. The third kappa shape index (κ3) is 4.49. The van der Waals surface area contributed by atoms with Gasteiger partial charge in [-0.25, -0.2) is 23.7 Å². The van der Waals surface area contributed by atoms with E-state index in [4.69, 9.17) is 21.1 Å². The lowest BCUT2D eigenvalue weighted by atomic mass is 10.0. The molecule has 2 aromatic rings. The number of nitrogens with one attached hydrogen (secondary N) is 1. The summed E-state index contributed by atoms with van der Waals surface area (Å²) >= 11 is 5.94. The molecular weight excluding hydrogens is 448 g/mol. The molecule has 0 radical (unpaired) electrons. The molecule has 2 aromatic heterocycles. The summed E-state index contributed by atoms with van der Waals surface area (Å²) in [5.41, 5.74) is 0.983. The Labute approximate surface area is 187 Å². The Hall–Kier alpha value is -2.92. The number of aryl methyl sites for hydroxylation is 1. The highest BCUT2D eigenvalue weighted by molar-refractivity contribution is 6.30. The minimum absolute atomic E-state index is 0.0689. The Morgan fingerprint density at radius 3 is 2.84 bits per heavy atom. The standard InChI is InChI=1S/C20H20ClF2N5O4/c1-10-6-24-16(27-15(10)13-3-4-20(22,23)9-32-13)18(29)26-12-8-31-14-5-11(21)7-25-17(14)28(2)19(12)30/h5-7,12-13H,3-4,8-9H2,1-2H3,(H,26,29)/t12-,13?/m0/s1. The van der Waals surface area contributed by atoms with Crippen molar-refractivity contribution in [3.63, 3.8) is 0 Å². The van der Waals surface area contributed by atoms with Crippen molar-refractivity contribution in [2.24, 2.45) is 0 Å². The van der Waals surface area contributed by atoms with Crippen molar-refractivity contribution >= 4 is 29.2 Å². The van der Waals surface area contributed by atoms with Crippen LogP contribution in [-0.2, 0) is 9.53 Å². The second kappa shape index (κ2) is 8.55. The number of fused-ring (bicyclic) bond motifs is 1. The number of alkyl halides is 2. The van der Waals surface area contributed by atoms with E-state index in [-0.39, 0.29) is 31.1 Å². The van der Waals surface area contributed by atoms with E-state index in [1.807, 2.05) is 0 Å². The quantitative estimate of drug-likeness (QED) is 0.739. The normalized spacial score (nSPS) is 22.5. The maximum atomic E-state index is 13.4. The Kier molecular flexibility index (Phi) is 5.95. The first-order valence-electron chi connectivity index (χ1n) is 9.84. The van der Waals surface area contributed by atoms with Gasteiger partial charge in [0.15, 0.2) is 11.6 Å². The van der Waals surface area contributed by atoms with Crippen molar-refractivity contribution < 1.29 is 27.8 Å². The SMILES string of the molecule is Cc1cnc(C(=O)N[C@H]2COc3cc(Cl)cnc3N(C)C2=O)nc1C1CCC(F)(F)CO1. The Bertz CT molecular complexity index is 1060. The number of carbonyl (C=O) groups is 2. The molecule has 1 fully saturated rings. The fourth-order valence-electron chi connectivity index (χ4n) is 3.51. The monoisotopic (exact) mass is 467 g/mol. The van der Waals surface area contributed by atoms with Crippen LogP contribution in [-0.4, -0.2) is 59.0 Å². The minimum atomic E-state index is -2.87. The van der Waals surface area contributed by atoms with E-state index < -0.39 is 36.5 Å². The zero-order valence-corrected chi connectivity index (χ0v) is 18.0. The van der Waals surface area contributed by atoms with Gasteiger partial charge in [0.1, 0.15) is 25.4 Å². The average molecular weight is 468 g/mol. The maximum Gasteiger partial charge on any atom is 0.289 e. The molecule has 1 N–H and O–H groups in total. The highest BCUT2D eigenvalue weighted by atomic mass is 35.5. The number of anilines is 1. The Balaban J connectivity index is 1.50. The maximum absolute atomic E-state index is 13.4. The van der Waals surface area contributed by atoms with Crippen LogP contribution in [0.2, 0.25) is 5.02 Å². The van der Waals surface area contributed by atoms with Crippen LogP contribution in [0.1, 0.15) is 40.8 Å². The van der Waals surface area contributed by atoms with Crippen LogP contribution >= 0.6 is 11.6 Å². The van der Waals surface area contributed by atoms with Gasteiger partial charge in [0.2, 0.25) is 5.82 Å². The number of pyridine rings is 1. The van der Waals surface area contributed by atoms with Crippen LogP contribution < -0.4 is 15.0 Å². The molecule has 0 spiro atoms. The molecule has 2 aliphatic heterocycles. The first kappa shape index (κ1) is 22.3. The van der Waals surface area contributed by atoms with Crippen molar-refractivity contribution in [1.82, 2.24) is 20.3 Å². The number of hydrogen-bond donors (Lipinski definition) is 1. The average Bonchev–Trinajstić information content (AvgIpc) is 2.86. The predicted octanol–water partition coefficient (Wildman–Crippen LogP) is 2.47. The van der Waals surface area contributed by atoms with Crippen LogP contribution in [0.25, 0.3) is 0 Å². The van der Waals surface area contributed by atoms with Crippen LogP contribution in [0.4, 0.5) is 14.6 Å². The molecular formula is C20H20ClF2N5O4. The molecule has 4 heterocycles. The van der Waals surface area contributed by atoms with Gasteiger partial charge in [-0.2, -0.15) is 0 Å². The van der Waals surface area contributed by atoms with Crippen molar-refractivity contribution in [1.29, 1.82) is 0 Å². The molecule has 4 rings (SSSR count). The number of rotatable bonds is 3. The Morgan fingerprint density at radius 1 is 1.34 bits per heavy atom. The fourth-order valence-corrected chi connectivity index (χ4v) is 3.65. The van der Waals surface area contributed by atoms with Gasteiger partial charge in [0.25, 0.3) is 17.7 Å². The molecule has 1 unspecified atom stereocenters. The van der Waals surface area contributed by atoms with Crippen LogP contribution in [0.5, 0.6) is 5.75 Å². The largest absolute Gasteiger partial charge is 0.487 e. The van der Waals surface area contributed by atoms with E-state index in [9.17, 15) is 18.4 Å². The molecule has 0 aliphatic carbocycles. The van der Waals surface area contributed by atoms with E-state index in [1.54, 1.807) is 6.92 Å². The molecule has 0 saturated carbocycles. The van der Waals surface area contributed by atoms with Gasteiger partial charge in [-0.3, -0.25) is 14.5 Å². The third-order valence-electron chi connectivity index (χ3n) is 5.24. The van der Waals surface area contributed by atoms with Crippen LogP contribution in [0.15, 0.2) is 18.5 Å². The zero-order valence-electron chi connectivity index (χ0n) is 17.3. The van der Waals surface area contributed by atoms with E-state index in [2.05, 4.69) is 20.3 Å². The van der Waals surface area contributed by atoms with Crippen molar-refractivity contribution in [2.75, 3.05) is 25.2 Å². The number of likely N-dealkylation sites (N-methyl/N-ethyl adjacent to an activating group) is 1. The molecule has 9 nitrogen and oxygen atoms in total. The highest BCUT2D eigenvalue weighted by Gasteiger charge is 2.38. The van der Waals surface area contributed by atoms with E-state index in [0.29, 0.717) is 22.0 Å². The van der Waals surface area contributed by atoms with E-state index in [0.717, 1.165) is 0 Å². The molecule has 0 aromatic carbocycles. The number of amides is 2. The lowest BCUT2D eigenvalue weighted by Crippen LogP contribution is -2.49. The third-order valence-corrected chi connectivity index (χ3v) is 5.45. The first-order valence-corrected chi connectivity index (χ1v) is 10.2. The number of hydrogen-bond acceptors (Lipinski definition) is 7. The highest BCUT2D eigenvalue weighted by Crippen LogP contribution is 2.36. The molecule has 0 bridgehead atoms. The summed E-state index contributed by atoms with van der Waals surface area (Å²) in [5.74, 6) is -3.65. The van der Waals surface area contributed by atoms with Gasteiger partial charge in [-0.1, -0.05) is 11.6 Å². The molecule has 32 heavy (non-hydrogen) atoms.